The highest BCUT2D eigenvalue weighted by atomic mass is 35.5. The van der Waals surface area contributed by atoms with Crippen molar-refractivity contribution in [3.63, 3.8) is 0 Å². The topological polar surface area (TPSA) is 0 Å². The summed E-state index contributed by atoms with van der Waals surface area (Å²) in [4.78, 5) is 0. The molecule has 13 heavy (non-hydrogen) atoms. The minimum Gasteiger partial charge on any atom is -0.126 e. The lowest BCUT2D eigenvalue weighted by Gasteiger charge is -2.15. The van der Waals surface area contributed by atoms with E-state index in [0.717, 1.165) is 5.88 Å². The number of halogens is 1. The number of alkyl halides is 1. The van der Waals surface area contributed by atoms with E-state index in [4.69, 9.17) is 11.6 Å². The van der Waals surface area contributed by atoms with E-state index < -0.39 is 0 Å². The van der Waals surface area contributed by atoms with Gasteiger partial charge in [0.1, 0.15) is 0 Å². The van der Waals surface area contributed by atoms with Crippen molar-refractivity contribution in [3.8, 4) is 0 Å². The van der Waals surface area contributed by atoms with Gasteiger partial charge in [0.25, 0.3) is 0 Å². The van der Waals surface area contributed by atoms with E-state index in [1.54, 1.807) is 0 Å². The minimum atomic E-state index is 0.331. The van der Waals surface area contributed by atoms with Crippen LogP contribution in [0.25, 0.3) is 0 Å². The summed E-state index contributed by atoms with van der Waals surface area (Å²) >= 11 is 6.01. The van der Waals surface area contributed by atoms with Crippen LogP contribution in [-0.2, 0) is 5.41 Å². The maximum atomic E-state index is 6.01. The first kappa shape index (κ1) is 9.08. The average molecular weight is 195 g/mol. The molecule has 70 valence electrons. The Kier molecular flexibility index (Phi) is 2.11. The van der Waals surface area contributed by atoms with E-state index in [-0.39, 0.29) is 0 Å². The van der Waals surface area contributed by atoms with Crippen molar-refractivity contribution in [2.24, 2.45) is 0 Å². The molecule has 1 saturated carbocycles. The summed E-state index contributed by atoms with van der Waals surface area (Å²) in [5.41, 5.74) is 4.54. The second-order valence-corrected chi connectivity index (χ2v) is 4.50. The highest BCUT2D eigenvalue weighted by Gasteiger charge is 2.44. The molecule has 0 heterocycles. The molecule has 0 bridgehead atoms. The number of rotatable bonds is 2. The summed E-state index contributed by atoms with van der Waals surface area (Å²) in [6.07, 6.45) is 2.53. The molecule has 1 aromatic rings. The fraction of sp³-hybridized carbons (Fsp3) is 0.500. The average Bonchev–Trinajstić information content (AvgIpc) is 2.90. The van der Waals surface area contributed by atoms with Crippen molar-refractivity contribution in [2.75, 3.05) is 5.88 Å². The second-order valence-electron chi connectivity index (χ2n) is 4.23. The zero-order valence-electron chi connectivity index (χ0n) is 8.23. The third-order valence-corrected chi connectivity index (χ3v) is 3.59. The summed E-state index contributed by atoms with van der Waals surface area (Å²) < 4.78 is 0. The molecule has 0 N–H and O–H groups in total. The molecule has 0 aliphatic heterocycles. The molecular weight excluding hydrogens is 180 g/mol. The molecule has 1 heteroatoms. The molecule has 0 nitrogen and oxygen atoms in total. The maximum Gasteiger partial charge on any atom is 0.0320 e. The molecule has 1 aromatic carbocycles. The standard InChI is InChI=1S/C12H15Cl/c1-9-3-4-10(2)11(7-9)12(8-13)5-6-12/h3-4,7H,5-6,8H2,1-2H3. The Labute approximate surface area is 84.9 Å². The van der Waals surface area contributed by atoms with Crippen LogP contribution in [0.4, 0.5) is 0 Å². The van der Waals surface area contributed by atoms with Crippen molar-refractivity contribution in [2.45, 2.75) is 32.1 Å². The Morgan fingerprint density at radius 2 is 2.00 bits per heavy atom. The van der Waals surface area contributed by atoms with Gasteiger partial charge in [-0.25, -0.2) is 0 Å². The Balaban J connectivity index is 2.44. The Morgan fingerprint density at radius 1 is 1.31 bits per heavy atom. The van der Waals surface area contributed by atoms with Crippen molar-refractivity contribution >= 4 is 11.6 Å². The molecule has 0 radical (unpaired) electrons. The van der Waals surface area contributed by atoms with Crippen LogP contribution in [0.1, 0.15) is 29.5 Å². The number of benzene rings is 1. The zero-order valence-corrected chi connectivity index (χ0v) is 8.99. The van der Waals surface area contributed by atoms with Gasteiger partial charge in [0, 0.05) is 11.3 Å². The zero-order chi connectivity index (χ0) is 9.47. The SMILES string of the molecule is Cc1ccc(C)c(C2(CCl)CC2)c1. The normalized spacial score (nSPS) is 18.7. The van der Waals surface area contributed by atoms with Crippen LogP contribution in [0.3, 0.4) is 0 Å². The molecule has 0 aromatic heterocycles. The van der Waals surface area contributed by atoms with Crippen LogP contribution < -0.4 is 0 Å². The monoisotopic (exact) mass is 194 g/mol. The molecule has 0 amide bonds. The highest BCUT2D eigenvalue weighted by molar-refractivity contribution is 6.19. The van der Waals surface area contributed by atoms with E-state index in [1.165, 1.54) is 29.5 Å². The third kappa shape index (κ3) is 1.48. The van der Waals surface area contributed by atoms with Crippen molar-refractivity contribution in [1.29, 1.82) is 0 Å². The number of aryl methyl sites for hydroxylation is 2. The molecule has 2 rings (SSSR count). The lowest BCUT2D eigenvalue weighted by Crippen LogP contribution is -2.10. The number of hydrogen-bond donors (Lipinski definition) is 0. The first-order chi connectivity index (χ1) is 6.18. The van der Waals surface area contributed by atoms with E-state index in [9.17, 15) is 0 Å². The largest absolute Gasteiger partial charge is 0.126 e. The molecule has 0 unspecified atom stereocenters. The maximum absolute atomic E-state index is 6.01. The molecule has 1 aliphatic rings. The lowest BCUT2D eigenvalue weighted by molar-refractivity contribution is 0.787. The molecular formula is C12H15Cl. The highest BCUT2D eigenvalue weighted by Crippen LogP contribution is 2.50. The lowest BCUT2D eigenvalue weighted by atomic mass is 9.92. The molecule has 0 atom stereocenters. The number of hydrogen-bond acceptors (Lipinski definition) is 0. The van der Waals surface area contributed by atoms with E-state index in [1.807, 2.05) is 0 Å². The predicted octanol–water partition coefficient (Wildman–Crippen LogP) is 3.57. The van der Waals surface area contributed by atoms with Gasteiger partial charge in [-0.3, -0.25) is 0 Å². The van der Waals surface area contributed by atoms with Crippen LogP contribution in [0.15, 0.2) is 18.2 Å². The third-order valence-electron chi connectivity index (χ3n) is 3.07. The van der Waals surface area contributed by atoms with Gasteiger partial charge < -0.3 is 0 Å². The van der Waals surface area contributed by atoms with Crippen LogP contribution in [0.2, 0.25) is 0 Å². The quantitative estimate of drug-likeness (QED) is 0.632. The van der Waals surface area contributed by atoms with Gasteiger partial charge in [0.15, 0.2) is 0 Å². The van der Waals surface area contributed by atoms with Gasteiger partial charge in [-0.2, -0.15) is 0 Å². The molecule has 1 aliphatic carbocycles. The summed E-state index contributed by atoms with van der Waals surface area (Å²) in [5, 5.41) is 0. The predicted molar refractivity (Wildman–Crippen MR) is 57.5 cm³/mol. The smallest absolute Gasteiger partial charge is 0.0320 e. The van der Waals surface area contributed by atoms with E-state index in [0.29, 0.717) is 5.41 Å². The summed E-state index contributed by atoms with van der Waals surface area (Å²) in [6.45, 7) is 4.33. The molecule has 1 fully saturated rings. The van der Waals surface area contributed by atoms with Crippen LogP contribution in [0, 0.1) is 13.8 Å². The van der Waals surface area contributed by atoms with Crippen LogP contribution in [0.5, 0.6) is 0 Å². The van der Waals surface area contributed by atoms with Gasteiger partial charge in [0.05, 0.1) is 0 Å². The van der Waals surface area contributed by atoms with E-state index in [2.05, 4.69) is 32.0 Å². The van der Waals surface area contributed by atoms with Gasteiger partial charge in [0.2, 0.25) is 0 Å². The van der Waals surface area contributed by atoms with Crippen LogP contribution >= 0.6 is 11.6 Å². The fourth-order valence-electron chi connectivity index (χ4n) is 1.93. The Bertz CT molecular complexity index is 324. The summed E-state index contributed by atoms with van der Waals surface area (Å²) in [7, 11) is 0. The summed E-state index contributed by atoms with van der Waals surface area (Å²) in [6, 6.07) is 6.67. The van der Waals surface area contributed by atoms with Gasteiger partial charge in [-0.05, 0) is 37.8 Å². The first-order valence-corrected chi connectivity index (χ1v) is 5.35. The van der Waals surface area contributed by atoms with Crippen molar-refractivity contribution in [3.05, 3.63) is 34.9 Å². The Hall–Kier alpha value is -0.490. The van der Waals surface area contributed by atoms with Gasteiger partial charge >= 0.3 is 0 Å². The van der Waals surface area contributed by atoms with Crippen molar-refractivity contribution in [1.82, 2.24) is 0 Å². The minimum absolute atomic E-state index is 0.331. The molecule has 0 spiro atoms. The summed E-state index contributed by atoms with van der Waals surface area (Å²) in [5.74, 6) is 0.775. The van der Waals surface area contributed by atoms with Crippen molar-refractivity contribution < 1.29 is 0 Å². The fourth-order valence-corrected chi connectivity index (χ4v) is 2.34. The van der Waals surface area contributed by atoms with Crippen LogP contribution in [-0.4, -0.2) is 5.88 Å². The Morgan fingerprint density at radius 3 is 2.54 bits per heavy atom. The molecule has 0 saturated heterocycles. The second kappa shape index (κ2) is 3.02. The van der Waals surface area contributed by atoms with Gasteiger partial charge in [-0.1, -0.05) is 23.8 Å². The van der Waals surface area contributed by atoms with Gasteiger partial charge in [-0.15, -0.1) is 11.6 Å². The van der Waals surface area contributed by atoms with E-state index >= 15 is 0 Å². The first-order valence-electron chi connectivity index (χ1n) is 4.82.